The van der Waals surface area contributed by atoms with Crippen LogP contribution in [0, 0.1) is 0 Å². The topological polar surface area (TPSA) is 62.3 Å². The number of nitrogens with two attached hydrogens (primary N) is 1. The molecule has 0 aliphatic rings. The summed E-state index contributed by atoms with van der Waals surface area (Å²) in [4.78, 5) is 0. The number of benzene rings is 1. The number of hydrogen-bond donors (Lipinski definition) is 1. The van der Waals surface area contributed by atoms with Crippen molar-refractivity contribution in [1.29, 1.82) is 0 Å². The van der Waals surface area contributed by atoms with Gasteiger partial charge in [0.05, 0.1) is 12.8 Å². The van der Waals surface area contributed by atoms with Crippen LogP contribution in [-0.2, 0) is 11.8 Å². The van der Waals surface area contributed by atoms with E-state index in [0.29, 0.717) is 13.2 Å². The average molecular weight is 289 g/mol. The molecule has 1 heterocycles. The zero-order chi connectivity index (χ0) is 15.1. The molecule has 0 saturated carbocycles. The number of para-hydroxylation sites is 1. The summed E-state index contributed by atoms with van der Waals surface area (Å²) in [6.07, 6.45) is 4.44. The van der Waals surface area contributed by atoms with Gasteiger partial charge in [-0.2, -0.15) is 5.10 Å². The molecular formula is C16H23N3O2. The smallest absolute Gasteiger partial charge is 0.119 e. The molecule has 1 aromatic heterocycles. The van der Waals surface area contributed by atoms with Gasteiger partial charge in [0, 0.05) is 24.8 Å². The fraction of sp³-hybridized carbons (Fsp3) is 0.438. The third-order valence-corrected chi connectivity index (χ3v) is 3.31. The van der Waals surface area contributed by atoms with Crippen molar-refractivity contribution in [2.75, 3.05) is 13.2 Å². The maximum atomic E-state index is 6.15. The molecule has 2 atom stereocenters. The number of ether oxygens (including phenoxy) is 2. The van der Waals surface area contributed by atoms with E-state index < -0.39 is 0 Å². The largest absolute Gasteiger partial charge is 0.491 e. The standard InChI is InChI=1S/C16H23N3O2/c1-3-15(17)16(13-11-18-19(2)12-13)21-10-9-20-14-7-5-4-6-8-14/h4-8,11-12,15-16H,3,9-10,17H2,1-2H3. The van der Waals surface area contributed by atoms with Crippen LogP contribution in [0.25, 0.3) is 0 Å². The predicted octanol–water partition coefficient (Wildman–Crippen LogP) is 2.29. The summed E-state index contributed by atoms with van der Waals surface area (Å²) < 4.78 is 13.3. The minimum Gasteiger partial charge on any atom is -0.491 e. The van der Waals surface area contributed by atoms with Gasteiger partial charge < -0.3 is 15.2 Å². The van der Waals surface area contributed by atoms with Crippen molar-refractivity contribution in [3.05, 3.63) is 48.3 Å². The van der Waals surface area contributed by atoms with E-state index >= 15 is 0 Å². The fourth-order valence-corrected chi connectivity index (χ4v) is 2.12. The molecule has 5 nitrogen and oxygen atoms in total. The Hall–Kier alpha value is -1.85. The monoisotopic (exact) mass is 289 g/mol. The van der Waals surface area contributed by atoms with Crippen LogP contribution in [0.2, 0.25) is 0 Å². The Morgan fingerprint density at radius 1 is 1.24 bits per heavy atom. The van der Waals surface area contributed by atoms with Crippen LogP contribution < -0.4 is 10.5 Å². The summed E-state index contributed by atoms with van der Waals surface area (Å²) in [7, 11) is 1.89. The minimum absolute atomic E-state index is 0.0501. The molecule has 5 heteroatoms. The molecule has 2 unspecified atom stereocenters. The molecule has 2 aromatic rings. The van der Waals surface area contributed by atoms with Crippen LogP contribution in [0.4, 0.5) is 0 Å². The molecule has 0 saturated heterocycles. The Morgan fingerprint density at radius 3 is 2.62 bits per heavy atom. The van der Waals surface area contributed by atoms with Gasteiger partial charge in [0.2, 0.25) is 0 Å². The molecule has 0 fully saturated rings. The third-order valence-electron chi connectivity index (χ3n) is 3.31. The van der Waals surface area contributed by atoms with E-state index in [-0.39, 0.29) is 12.1 Å². The van der Waals surface area contributed by atoms with Crippen LogP contribution in [0.1, 0.15) is 25.0 Å². The Morgan fingerprint density at radius 2 is 2.00 bits per heavy atom. The van der Waals surface area contributed by atoms with Crippen molar-refractivity contribution >= 4 is 0 Å². The number of aryl methyl sites for hydroxylation is 1. The van der Waals surface area contributed by atoms with E-state index in [0.717, 1.165) is 17.7 Å². The van der Waals surface area contributed by atoms with E-state index in [1.54, 1.807) is 10.9 Å². The first-order valence-electron chi connectivity index (χ1n) is 7.24. The molecule has 114 valence electrons. The highest BCUT2D eigenvalue weighted by Crippen LogP contribution is 2.21. The van der Waals surface area contributed by atoms with E-state index in [1.165, 1.54) is 0 Å². The van der Waals surface area contributed by atoms with Gasteiger partial charge in [-0.25, -0.2) is 0 Å². The Kier molecular flexibility index (Phi) is 5.78. The van der Waals surface area contributed by atoms with E-state index in [2.05, 4.69) is 12.0 Å². The maximum absolute atomic E-state index is 6.15. The summed E-state index contributed by atoms with van der Waals surface area (Å²) in [5, 5.41) is 4.18. The zero-order valence-corrected chi connectivity index (χ0v) is 12.6. The van der Waals surface area contributed by atoms with Crippen LogP contribution in [0.15, 0.2) is 42.7 Å². The van der Waals surface area contributed by atoms with Gasteiger partial charge in [-0.1, -0.05) is 25.1 Å². The van der Waals surface area contributed by atoms with Gasteiger partial charge in [0.1, 0.15) is 18.5 Å². The van der Waals surface area contributed by atoms with E-state index in [1.807, 2.05) is 43.6 Å². The maximum Gasteiger partial charge on any atom is 0.119 e. The summed E-state index contributed by atoms with van der Waals surface area (Å²) in [5.41, 5.74) is 7.16. The normalized spacial score (nSPS) is 13.9. The first kappa shape index (κ1) is 15.5. The van der Waals surface area contributed by atoms with Gasteiger partial charge in [-0.3, -0.25) is 4.68 Å². The Labute approximate surface area is 125 Å². The van der Waals surface area contributed by atoms with E-state index in [4.69, 9.17) is 15.2 Å². The molecular weight excluding hydrogens is 266 g/mol. The molecule has 2 rings (SSSR count). The minimum atomic E-state index is -0.150. The van der Waals surface area contributed by atoms with E-state index in [9.17, 15) is 0 Å². The number of hydrogen-bond acceptors (Lipinski definition) is 4. The molecule has 0 bridgehead atoms. The summed E-state index contributed by atoms with van der Waals surface area (Å²) >= 11 is 0. The van der Waals surface area contributed by atoms with Gasteiger partial charge in [-0.05, 0) is 18.6 Å². The second-order valence-electron chi connectivity index (χ2n) is 4.97. The highest BCUT2D eigenvalue weighted by molar-refractivity contribution is 5.20. The molecule has 21 heavy (non-hydrogen) atoms. The quantitative estimate of drug-likeness (QED) is 0.757. The summed E-state index contributed by atoms with van der Waals surface area (Å²) in [6, 6.07) is 9.66. The molecule has 0 amide bonds. The van der Waals surface area contributed by atoms with Gasteiger partial charge in [-0.15, -0.1) is 0 Å². The van der Waals surface area contributed by atoms with Crippen molar-refractivity contribution in [2.24, 2.45) is 12.8 Å². The SMILES string of the molecule is CCC(N)C(OCCOc1ccccc1)c1cnn(C)c1. The van der Waals surface area contributed by atoms with Crippen LogP contribution >= 0.6 is 0 Å². The molecule has 0 radical (unpaired) electrons. The highest BCUT2D eigenvalue weighted by Gasteiger charge is 2.20. The van der Waals surface area contributed by atoms with Crippen molar-refractivity contribution in [3.63, 3.8) is 0 Å². The molecule has 1 aromatic carbocycles. The lowest BCUT2D eigenvalue weighted by Crippen LogP contribution is -2.30. The van der Waals surface area contributed by atoms with Gasteiger partial charge >= 0.3 is 0 Å². The van der Waals surface area contributed by atoms with Gasteiger partial charge in [0.25, 0.3) is 0 Å². The lowest BCUT2D eigenvalue weighted by Gasteiger charge is -2.22. The number of aromatic nitrogens is 2. The highest BCUT2D eigenvalue weighted by atomic mass is 16.5. The zero-order valence-electron chi connectivity index (χ0n) is 12.6. The van der Waals surface area contributed by atoms with Gasteiger partial charge in [0.15, 0.2) is 0 Å². The van der Waals surface area contributed by atoms with Crippen molar-refractivity contribution in [1.82, 2.24) is 9.78 Å². The fourth-order valence-electron chi connectivity index (χ4n) is 2.12. The number of rotatable bonds is 8. The third kappa shape index (κ3) is 4.58. The second kappa shape index (κ2) is 7.81. The lowest BCUT2D eigenvalue weighted by molar-refractivity contribution is 0.0167. The molecule has 0 aliphatic carbocycles. The van der Waals surface area contributed by atoms with Crippen LogP contribution in [0.5, 0.6) is 5.75 Å². The summed E-state index contributed by atoms with van der Waals surface area (Å²) in [5.74, 6) is 0.846. The summed E-state index contributed by atoms with van der Waals surface area (Å²) in [6.45, 7) is 3.04. The molecule has 0 spiro atoms. The molecule has 2 N–H and O–H groups in total. The number of nitrogens with zero attached hydrogens (tertiary/aromatic N) is 2. The predicted molar refractivity (Wildman–Crippen MR) is 82.1 cm³/mol. The van der Waals surface area contributed by atoms with Crippen molar-refractivity contribution in [3.8, 4) is 5.75 Å². The first-order valence-corrected chi connectivity index (χ1v) is 7.24. The average Bonchev–Trinajstić information content (AvgIpc) is 2.94. The Bertz CT molecular complexity index is 527. The van der Waals surface area contributed by atoms with Crippen LogP contribution in [-0.4, -0.2) is 29.0 Å². The first-order chi connectivity index (χ1) is 10.2. The van der Waals surface area contributed by atoms with Crippen LogP contribution in [0.3, 0.4) is 0 Å². The van der Waals surface area contributed by atoms with Crippen molar-refractivity contribution in [2.45, 2.75) is 25.5 Å². The van der Waals surface area contributed by atoms with Crippen molar-refractivity contribution < 1.29 is 9.47 Å². The molecule has 0 aliphatic heterocycles. The Balaban J connectivity index is 1.85. The second-order valence-corrected chi connectivity index (χ2v) is 4.97. The lowest BCUT2D eigenvalue weighted by atomic mass is 10.0.